The topological polar surface area (TPSA) is 114 Å². The molecule has 1 heterocycles. The van der Waals surface area contributed by atoms with E-state index < -0.39 is 11.6 Å². The molecule has 0 radical (unpaired) electrons. The van der Waals surface area contributed by atoms with Gasteiger partial charge in [-0.2, -0.15) is 0 Å². The van der Waals surface area contributed by atoms with Crippen LogP contribution < -0.4 is 5.73 Å². The first-order valence-corrected chi connectivity index (χ1v) is 8.82. The van der Waals surface area contributed by atoms with Crippen molar-refractivity contribution in [3.63, 3.8) is 0 Å². The van der Waals surface area contributed by atoms with Gasteiger partial charge in [0.25, 0.3) is 0 Å². The van der Waals surface area contributed by atoms with Gasteiger partial charge in [0.1, 0.15) is 30.7 Å². The van der Waals surface area contributed by atoms with Crippen molar-refractivity contribution in [2.45, 2.75) is 25.0 Å². The van der Waals surface area contributed by atoms with Crippen molar-refractivity contribution >= 4 is 0 Å². The minimum atomic E-state index is -0.951. The first-order chi connectivity index (χ1) is 12.9. The lowest BCUT2D eigenvalue weighted by atomic mass is 9.91. The minimum Gasteiger partial charge on any atom is -0.449 e. The summed E-state index contributed by atoms with van der Waals surface area (Å²) in [5.74, 6) is 0.636. The molecule has 1 aromatic heterocycles. The minimum absolute atomic E-state index is 0.186. The molecule has 0 aliphatic heterocycles. The highest BCUT2D eigenvalue weighted by molar-refractivity contribution is 5.68. The maximum atomic E-state index is 10.4. The standard InChI is InChI=1S/C21H24N2O4/c1-14-23-19(11-27-14)17-6-2-15(3-7-17)16-4-8-18(9-5-16)20(26)10-21(22,12-24)13-25/h2-9,11,20,24-26H,10,12-13,22H2,1H3/p+1. The molecule has 6 nitrogen and oxygen atoms in total. The second-order valence-corrected chi connectivity index (χ2v) is 6.99. The zero-order chi connectivity index (χ0) is 19.4. The van der Waals surface area contributed by atoms with Crippen molar-refractivity contribution in [1.29, 1.82) is 0 Å². The van der Waals surface area contributed by atoms with Crippen molar-refractivity contribution in [3.8, 4) is 22.4 Å². The van der Waals surface area contributed by atoms with E-state index >= 15 is 0 Å². The Bertz CT molecular complexity index is 868. The van der Waals surface area contributed by atoms with Crippen LogP contribution in [0.15, 0.2) is 59.2 Å². The largest absolute Gasteiger partial charge is 0.449 e. The van der Waals surface area contributed by atoms with E-state index in [0.717, 1.165) is 27.9 Å². The summed E-state index contributed by atoms with van der Waals surface area (Å²) < 4.78 is 5.25. The van der Waals surface area contributed by atoms with Crippen LogP contribution in [0, 0.1) is 6.92 Å². The molecule has 6 N–H and O–H groups in total. The third-order valence-corrected chi connectivity index (χ3v) is 4.73. The number of rotatable bonds is 7. The van der Waals surface area contributed by atoms with Gasteiger partial charge in [0, 0.05) is 18.9 Å². The molecule has 3 rings (SSSR count). The van der Waals surface area contributed by atoms with E-state index in [2.05, 4.69) is 10.7 Å². The zero-order valence-electron chi connectivity index (χ0n) is 15.3. The molecule has 6 heteroatoms. The molecule has 1 unspecified atom stereocenters. The first kappa shape index (κ1) is 19.3. The molecule has 0 aliphatic rings. The predicted octanol–water partition coefficient (Wildman–Crippen LogP) is 1.71. The summed E-state index contributed by atoms with van der Waals surface area (Å²) in [7, 11) is 0. The monoisotopic (exact) mass is 369 g/mol. The maximum absolute atomic E-state index is 10.4. The molecule has 2 aromatic carbocycles. The van der Waals surface area contributed by atoms with Gasteiger partial charge < -0.3 is 25.5 Å². The molecule has 0 saturated heterocycles. The van der Waals surface area contributed by atoms with E-state index in [9.17, 15) is 15.3 Å². The fraction of sp³-hybridized carbons (Fsp3) is 0.286. The van der Waals surface area contributed by atoms with E-state index in [1.165, 1.54) is 0 Å². The van der Waals surface area contributed by atoms with Crippen LogP contribution >= 0.6 is 0 Å². The van der Waals surface area contributed by atoms with Crippen LogP contribution in [0.25, 0.3) is 22.4 Å². The molecule has 0 bridgehead atoms. The van der Waals surface area contributed by atoms with Gasteiger partial charge in [0.05, 0.1) is 6.10 Å². The van der Waals surface area contributed by atoms with Crippen LogP contribution in [0.2, 0.25) is 0 Å². The van der Waals surface area contributed by atoms with Crippen molar-refractivity contribution in [2.24, 2.45) is 0 Å². The lowest BCUT2D eigenvalue weighted by Crippen LogP contribution is -2.77. The Morgan fingerprint density at radius 2 is 1.48 bits per heavy atom. The zero-order valence-corrected chi connectivity index (χ0v) is 15.3. The highest BCUT2D eigenvalue weighted by Gasteiger charge is 2.31. The Labute approximate surface area is 157 Å². The van der Waals surface area contributed by atoms with Crippen LogP contribution in [0.5, 0.6) is 0 Å². The van der Waals surface area contributed by atoms with Crippen molar-refractivity contribution in [2.75, 3.05) is 13.2 Å². The average Bonchev–Trinajstić information content (AvgIpc) is 3.14. The van der Waals surface area contributed by atoms with Crippen LogP contribution in [-0.4, -0.2) is 39.1 Å². The Hall–Kier alpha value is -2.51. The molecule has 0 aliphatic carbocycles. The van der Waals surface area contributed by atoms with Crippen molar-refractivity contribution in [1.82, 2.24) is 4.98 Å². The Morgan fingerprint density at radius 1 is 0.963 bits per heavy atom. The molecule has 0 fully saturated rings. The molecular weight excluding hydrogens is 344 g/mol. The molecule has 27 heavy (non-hydrogen) atoms. The summed E-state index contributed by atoms with van der Waals surface area (Å²) in [6.07, 6.45) is 1.03. The molecule has 3 aromatic rings. The van der Waals surface area contributed by atoms with Gasteiger partial charge in [-0.05, 0) is 16.7 Å². The molecule has 0 amide bonds. The van der Waals surface area contributed by atoms with Gasteiger partial charge in [-0.15, -0.1) is 0 Å². The molecule has 1 atom stereocenters. The van der Waals surface area contributed by atoms with Gasteiger partial charge in [-0.3, -0.25) is 0 Å². The van der Waals surface area contributed by atoms with Crippen LogP contribution in [-0.2, 0) is 0 Å². The second kappa shape index (κ2) is 8.02. The Morgan fingerprint density at radius 3 is 1.96 bits per heavy atom. The summed E-state index contributed by atoms with van der Waals surface area (Å²) in [6.45, 7) is 1.25. The normalized spacial score (nSPS) is 12.9. The summed E-state index contributed by atoms with van der Waals surface area (Å²) >= 11 is 0. The van der Waals surface area contributed by atoms with Gasteiger partial charge in [-0.1, -0.05) is 48.5 Å². The SMILES string of the molecule is Cc1nc(-c2ccc(-c3ccc(C(O)CC([NH3+])(CO)CO)cc3)cc2)co1. The second-order valence-electron chi connectivity index (χ2n) is 6.99. The van der Waals surface area contributed by atoms with Crippen molar-refractivity contribution < 1.29 is 25.5 Å². The number of hydrogen-bond acceptors (Lipinski definition) is 5. The van der Waals surface area contributed by atoms with Crippen LogP contribution in [0.1, 0.15) is 24.0 Å². The lowest BCUT2D eigenvalue weighted by Gasteiger charge is -2.24. The number of aliphatic hydroxyl groups excluding tert-OH is 3. The van der Waals surface area contributed by atoms with Gasteiger partial charge >= 0.3 is 0 Å². The summed E-state index contributed by atoms with van der Waals surface area (Å²) in [5, 5.41) is 29.0. The summed E-state index contributed by atoms with van der Waals surface area (Å²) in [5.41, 5.74) is 7.45. The van der Waals surface area contributed by atoms with E-state index in [1.807, 2.05) is 55.5 Å². The number of nitrogens with zero attached hydrogens (tertiary/aromatic N) is 1. The summed E-state index contributed by atoms with van der Waals surface area (Å²) in [4.78, 5) is 4.32. The smallest absolute Gasteiger partial charge is 0.191 e. The average molecular weight is 369 g/mol. The van der Waals surface area contributed by atoms with Crippen LogP contribution in [0.3, 0.4) is 0 Å². The van der Waals surface area contributed by atoms with E-state index in [4.69, 9.17) is 4.42 Å². The van der Waals surface area contributed by atoms with E-state index in [1.54, 1.807) is 6.26 Å². The van der Waals surface area contributed by atoms with Gasteiger partial charge in [0.15, 0.2) is 5.89 Å². The predicted molar refractivity (Wildman–Crippen MR) is 101 cm³/mol. The van der Waals surface area contributed by atoms with Gasteiger partial charge in [-0.25, -0.2) is 4.98 Å². The van der Waals surface area contributed by atoms with Crippen LogP contribution in [0.4, 0.5) is 0 Å². The molecule has 142 valence electrons. The van der Waals surface area contributed by atoms with E-state index in [0.29, 0.717) is 5.89 Å². The fourth-order valence-electron chi connectivity index (χ4n) is 2.93. The quantitative estimate of drug-likeness (QED) is 0.506. The maximum Gasteiger partial charge on any atom is 0.191 e. The molecule has 0 saturated carbocycles. The number of quaternary nitrogens is 1. The number of hydrogen-bond donors (Lipinski definition) is 4. The van der Waals surface area contributed by atoms with E-state index in [-0.39, 0.29) is 19.6 Å². The summed E-state index contributed by atoms with van der Waals surface area (Å²) in [6, 6.07) is 15.6. The highest BCUT2D eigenvalue weighted by Crippen LogP contribution is 2.27. The van der Waals surface area contributed by atoms with Crippen molar-refractivity contribution in [3.05, 3.63) is 66.2 Å². The lowest BCUT2D eigenvalue weighted by molar-refractivity contribution is -0.494. The number of benzene rings is 2. The highest BCUT2D eigenvalue weighted by atomic mass is 16.3. The first-order valence-electron chi connectivity index (χ1n) is 8.82. The van der Waals surface area contributed by atoms with Gasteiger partial charge in [0.2, 0.25) is 0 Å². The number of aliphatic hydroxyl groups is 3. The number of oxazole rings is 1. The Balaban J connectivity index is 1.73. The third-order valence-electron chi connectivity index (χ3n) is 4.73. The third kappa shape index (κ3) is 4.43. The molecular formula is C21H25N2O4+. The number of aryl methyl sites for hydroxylation is 1. The molecule has 0 spiro atoms. The Kier molecular flexibility index (Phi) is 5.72. The number of aromatic nitrogens is 1. The fourth-order valence-corrected chi connectivity index (χ4v) is 2.93.